The summed E-state index contributed by atoms with van der Waals surface area (Å²) < 4.78 is 2.07. The molecule has 0 atom stereocenters. The average molecular weight is 231 g/mol. The number of aromatic nitrogens is 2. The van der Waals surface area contributed by atoms with E-state index in [1.54, 1.807) is 0 Å². The van der Waals surface area contributed by atoms with Crippen molar-refractivity contribution in [3.05, 3.63) is 17.5 Å². The van der Waals surface area contributed by atoms with E-state index in [0.29, 0.717) is 5.92 Å². The zero-order valence-electron chi connectivity index (χ0n) is 7.84. The molecule has 0 aliphatic rings. The minimum Gasteiger partial charge on any atom is -0.269 e. The Kier molecular flexibility index (Phi) is 3.32. The zero-order chi connectivity index (χ0) is 9.14. The van der Waals surface area contributed by atoms with Gasteiger partial charge in [-0.05, 0) is 12.8 Å². The Morgan fingerprint density at radius 2 is 2.25 bits per heavy atom. The van der Waals surface area contributed by atoms with Crippen LogP contribution in [0.1, 0.15) is 37.9 Å². The lowest BCUT2D eigenvalue weighted by molar-refractivity contribution is 0.596. The van der Waals surface area contributed by atoms with Gasteiger partial charge in [0, 0.05) is 23.1 Å². The first-order chi connectivity index (χ1) is 5.70. The van der Waals surface area contributed by atoms with Gasteiger partial charge in [-0.1, -0.05) is 29.8 Å². The van der Waals surface area contributed by atoms with Crippen molar-refractivity contribution >= 4 is 15.9 Å². The Hall–Kier alpha value is -0.310. The Bertz CT molecular complexity index is 232. The van der Waals surface area contributed by atoms with E-state index in [1.807, 2.05) is 6.20 Å². The second kappa shape index (κ2) is 4.08. The number of hydrogen-bond acceptors (Lipinski definition) is 1. The lowest BCUT2D eigenvalue weighted by Gasteiger charge is -2.09. The first-order valence-corrected chi connectivity index (χ1v) is 5.43. The Morgan fingerprint density at radius 3 is 2.67 bits per heavy atom. The molecule has 3 heteroatoms. The third kappa shape index (κ3) is 1.71. The number of alkyl halides is 1. The van der Waals surface area contributed by atoms with Crippen LogP contribution in [0, 0.1) is 0 Å². The maximum Gasteiger partial charge on any atom is 0.0533 e. The Labute approximate surface area is 82.1 Å². The highest BCUT2D eigenvalue weighted by atomic mass is 79.9. The van der Waals surface area contributed by atoms with Gasteiger partial charge >= 0.3 is 0 Å². The van der Waals surface area contributed by atoms with Gasteiger partial charge in [0.2, 0.25) is 0 Å². The minimum absolute atomic E-state index is 0.556. The highest BCUT2D eigenvalue weighted by molar-refractivity contribution is 9.08. The van der Waals surface area contributed by atoms with Gasteiger partial charge in [-0.3, -0.25) is 4.68 Å². The molecule has 1 heterocycles. The second-order valence-corrected chi connectivity index (χ2v) is 3.72. The van der Waals surface area contributed by atoms with Crippen LogP contribution in [0.25, 0.3) is 0 Å². The van der Waals surface area contributed by atoms with Crippen LogP contribution in [-0.2, 0) is 11.9 Å². The van der Waals surface area contributed by atoms with Crippen LogP contribution >= 0.6 is 15.9 Å². The molecule has 0 unspecified atom stereocenters. The lowest BCUT2D eigenvalue weighted by Crippen LogP contribution is -2.05. The van der Waals surface area contributed by atoms with Crippen LogP contribution in [0.3, 0.4) is 0 Å². The van der Waals surface area contributed by atoms with Crippen LogP contribution in [0.5, 0.6) is 0 Å². The quantitative estimate of drug-likeness (QED) is 0.731. The van der Waals surface area contributed by atoms with Crippen molar-refractivity contribution in [2.24, 2.45) is 0 Å². The first-order valence-electron chi connectivity index (χ1n) is 4.31. The number of hydrogen-bond donors (Lipinski definition) is 0. The van der Waals surface area contributed by atoms with Gasteiger partial charge in [0.25, 0.3) is 0 Å². The molecule has 68 valence electrons. The molecular formula is C9H15BrN2. The molecule has 12 heavy (non-hydrogen) atoms. The molecule has 0 spiro atoms. The van der Waals surface area contributed by atoms with E-state index in [4.69, 9.17) is 0 Å². The van der Waals surface area contributed by atoms with Gasteiger partial charge in [0.15, 0.2) is 0 Å². The van der Waals surface area contributed by atoms with E-state index in [2.05, 4.69) is 46.5 Å². The van der Waals surface area contributed by atoms with E-state index >= 15 is 0 Å². The zero-order valence-corrected chi connectivity index (χ0v) is 9.43. The molecule has 0 N–H and O–H groups in total. The van der Waals surface area contributed by atoms with E-state index in [9.17, 15) is 0 Å². The monoisotopic (exact) mass is 230 g/mol. The van der Waals surface area contributed by atoms with E-state index in [1.165, 1.54) is 11.3 Å². The molecule has 1 aromatic rings. The fraction of sp³-hybridized carbons (Fsp3) is 0.667. The van der Waals surface area contributed by atoms with E-state index < -0.39 is 0 Å². The summed E-state index contributed by atoms with van der Waals surface area (Å²) in [5.74, 6) is 0.556. The fourth-order valence-corrected chi connectivity index (χ4v) is 1.89. The average Bonchev–Trinajstić information content (AvgIpc) is 2.46. The molecule has 0 aliphatic carbocycles. The molecule has 0 aliphatic heterocycles. The smallest absolute Gasteiger partial charge is 0.0533 e. The summed E-state index contributed by atoms with van der Waals surface area (Å²) in [7, 11) is 0. The number of rotatable bonds is 3. The highest BCUT2D eigenvalue weighted by Gasteiger charge is 2.11. The number of halogens is 1. The van der Waals surface area contributed by atoms with Gasteiger partial charge in [0.05, 0.1) is 6.20 Å². The van der Waals surface area contributed by atoms with Crippen molar-refractivity contribution in [1.82, 2.24) is 9.78 Å². The molecule has 0 radical (unpaired) electrons. The van der Waals surface area contributed by atoms with Crippen LogP contribution in [0.2, 0.25) is 0 Å². The van der Waals surface area contributed by atoms with E-state index in [0.717, 1.165) is 11.9 Å². The SMILES string of the molecule is CCn1ncc(CBr)c1C(C)C. The summed E-state index contributed by atoms with van der Waals surface area (Å²) >= 11 is 3.47. The third-order valence-corrected chi connectivity index (χ3v) is 2.55. The van der Waals surface area contributed by atoms with Crippen molar-refractivity contribution in [2.45, 2.75) is 38.6 Å². The van der Waals surface area contributed by atoms with Gasteiger partial charge in [-0.15, -0.1) is 0 Å². The number of aryl methyl sites for hydroxylation is 1. The largest absolute Gasteiger partial charge is 0.269 e. The van der Waals surface area contributed by atoms with Crippen LogP contribution in [0.4, 0.5) is 0 Å². The molecule has 2 nitrogen and oxygen atoms in total. The summed E-state index contributed by atoms with van der Waals surface area (Å²) in [5, 5.41) is 5.22. The maximum absolute atomic E-state index is 4.31. The van der Waals surface area contributed by atoms with Gasteiger partial charge in [-0.25, -0.2) is 0 Å². The van der Waals surface area contributed by atoms with Crippen molar-refractivity contribution in [1.29, 1.82) is 0 Å². The molecule has 0 aromatic carbocycles. The van der Waals surface area contributed by atoms with Crippen LogP contribution in [0.15, 0.2) is 6.20 Å². The predicted octanol–water partition coefficient (Wildman–Crippen LogP) is 2.92. The molecule has 0 fully saturated rings. The first kappa shape index (κ1) is 9.78. The number of nitrogens with zero attached hydrogens (tertiary/aromatic N) is 2. The molecule has 1 rings (SSSR count). The van der Waals surface area contributed by atoms with Crippen molar-refractivity contribution in [3.63, 3.8) is 0 Å². The molecule has 0 saturated carbocycles. The Morgan fingerprint density at radius 1 is 1.58 bits per heavy atom. The second-order valence-electron chi connectivity index (χ2n) is 3.16. The standard InChI is InChI=1S/C9H15BrN2/c1-4-12-9(7(2)3)8(5-10)6-11-12/h6-7H,4-5H2,1-3H3. The van der Waals surface area contributed by atoms with Crippen molar-refractivity contribution < 1.29 is 0 Å². The normalized spacial score (nSPS) is 11.1. The van der Waals surface area contributed by atoms with Gasteiger partial charge in [-0.2, -0.15) is 5.10 Å². The highest BCUT2D eigenvalue weighted by Crippen LogP contribution is 2.21. The molecular weight excluding hydrogens is 216 g/mol. The van der Waals surface area contributed by atoms with Crippen LogP contribution < -0.4 is 0 Å². The summed E-state index contributed by atoms with van der Waals surface area (Å²) in [4.78, 5) is 0. The molecule has 1 aromatic heterocycles. The third-order valence-electron chi connectivity index (χ3n) is 1.95. The fourth-order valence-electron chi connectivity index (χ4n) is 1.46. The van der Waals surface area contributed by atoms with Crippen LogP contribution in [-0.4, -0.2) is 9.78 Å². The molecule has 0 bridgehead atoms. The summed E-state index contributed by atoms with van der Waals surface area (Å²) in [5.41, 5.74) is 2.67. The van der Waals surface area contributed by atoms with Gasteiger partial charge < -0.3 is 0 Å². The predicted molar refractivity (Wildman–Crippen MR) is 54.6 cm³/mol. The van der Waals surface area contributed by atoms with Crippen molar-refractivity contribution in [3.8, 4) is 0 Å². The summed E-state index contributed by atoms with van der Waals surface area (Å²) in [6.07, 6.45) is 1.95. The molecule has 0 amide bonds. The van der Waals surface area contributed by atoms with Gasteiger partial charge in [0.1, 0.15) is 0 Å². The Balaban J connectivity index is 3.07. The van der Waals surface area contributed by atoms with Crippen molar-refractivity contribution in [2.75, 3.05) is 0 Å². The van der Waals surface area contributed by atoms with E-state index in [-0.39, 0.29) is 0 Å². The molecule has 0 saturated heterocycles. The minimum atomic E-state index is 0.556. The summed E-state index contributed by atoms with van der Waals surface area (Å²) in [6, 6.07) is 0. The lowest BCUT2D eigenvalue weighted by atomic mass is 10.1. The topological polar surface area (TPSA) is 17.8 Å². The summed E-state index contributed by atoms with van der Waals surface area (Å²) in [6.45, 7) is 7.49. The maximum atomic E-state index is 4.31.